The molecule has 0 saturated carbocycles. The fourth-order valence-corrected chi connectivity index (χ4v) is 3.87. The number of aromatic nitrogens is 2. The molecule has 1 N–H and O–H groups in total. The zero-order chi connectivity index (χ0) is 19.4. The highest BCUT2D eigenvalue weighted by molar-refractivity contribution is 9.10. The van der Waals surface area contributed by atoms with Gasteiger partial charge in [-0.1, -0.05) is 52.0 Å². The van der Waals surface area contributed by atoms with Gasteiger partial charge in [0.25, 0.3) is 5.56 Å². The topological polar surface area (TPSA) is 64.0 Å². The normalized spacial score (nSPS) is 11.9. The van der Waals surface area contributed by atoms with Crippen LogP contribution < -0.4 is 10.9 Å². The molecule has 0 fully saturated rings. The lowest BCUT2D eigenvalue weighted by Gasteiger charge is -2.15. The minimum Gasteiger partial charge on any atom is -0.325 e. The zero-order valence-electron chi connectivity index (χ0n) is 14.7. The van der Waals surface area contributed by atoms with E-state index in [0.717, 1.165) is 4.47 Å². The van der Waals surface area contributed by atoms with E-state index in [1.54, 1.807) is 29.7 Å². The number of anilines is 1. The monoisotopic (exact) mass is 443 g/mol. The lowest BCUT2D eigenvalue weighted by Crippen LogP contribution is -2.26. The molecule has 0 radical (unpaired) electrons. The zero-order valence-corrected chi connectivity index (χ0v) is 17.1. The Morgan fingerprint density at radius 3 is 2.85 bits per heavy atom. The van der Waals surface area contributed by atoms with Gasteiger partial charge < -0.3 is 5.32 Å². The van der Waals surface area contributed by atoms with E-state index in [1.807, 2.05) is 36.4 Å². The molecule has 7 heteroatoms. The molecule has 2 aromatic carbocycles. The lowest BCUT2D eigenvalue weighted by molar-refractivity contribution is -0.115. The van der Waals surface area contributed by atoms with Gasteiger partial charge in [0.2, 0.25) is 5.91 Å². The largest absolute Gasteiger partial charge is 0.325 e. The molecule has 0 spiro atoms. The van der Waals surface area contributed by atoms with Crippen LogP contribution in [-0.4, -0.2) is 20.7 Å². The van der Waals surface area contributed by atoms with Crippen LogP contribution in [0.1, 0.15) is 6.92 Å². The number of amides is 1. The number of nitrogens with one attached hydrogen (secondary N) is 1. The molecule has 5 nitrogen and oxygen atoms in total. The molecule has 1 aromatic heterocycles. The Balaban J connectivity index is 1.88. The van der Waals surface area contributed by atoms with Gasteiger partial charge in [-0.25, -0.2) is 4.98 Å². The first-order valence-corrected chi connectivity index (χ1v) is 10.0. The Hall–Kier alpha value is -2.38. The summed E-state index contributed by atoms with van der Waals surface area (Å²) in [4.78, 5) is 29.9. The summed E-state index contributed by atoms with van der Waals surface area (Å²) in [5.74, 6) is -0.161. The van der Waals surface area contributed by atoms with Gasteiger partial charge in [0.15, 0.2) is 5.16 Å². The third kappa shape index (κ3) is 4.48. The molecular weight excluding hydrogens is 426 g/mol. The van der Waals surface area contributed by atoms with Crippen molar-refractivity contribution in [2.24, 2.45) is 0 Å². The Labute approximate surface area is 169 Å². The number of benzene rings is 2. The van der Waals surface area contributed by atoms with E-state index in [-0.39, 0.29) is 11.5 Å². The van der Waals surface area contributed by atoms with Crippen LogP contribution in [-0.2, 0) is 11.3 Å². The van der Waals surface area contributed by atoms with Crippen molar-refractivity contribution in [3.8, 4) is 0 Å². The van der Waals surface area contributed by atoms with E-state index >= 15 is 0 Å². The smallest absolute Gasteiger partial charge is 0.262 e. The van der Waals surface area contributed by atoms with Crippen molar-refractivity contribution in [3.05, 3.63) is 76.0 Å². The van der Waals surface area contributed by atoms with Crippen molar-refractivity contribution in [1.29, 1.82) is 0 Å². The van der Waals surface area contributed by atoms with Gasteiger partial charge in [0.05, 0.1) is 16.2 Å². The van der Waals surface area contributed by atoms with Gasteiger partial charge in [0.1, 0.15) is 0 Å². The molecule has 0 aliphatic heterocycles. The lowest BCUT2D eigenvalue weighted by atomic mass is 10.2. The Bertz CT molecular complexity index is 1060. The second-order valence-corrected chi connectivity index (χ2v) is 8.10. The van der Waals surface area contributed by atoms with Gasteiger partial charge in [-0.15, -0.1) is 6.58 Å². The third-order valence-corrected chi connectivity index (χ3v) is 5.47. The van der Waals surface area contributed by atoms with Crippen molar-refractivity contribution in [3.63, 3.8) is 0 Å². The Morgan fingerprint density at radius 1 is 1.33 bits per heavy atom. The van der Waals surface area contributed by atoms with E-state index < -0.39 is 5.25 Å². The van der Waals surface area contributed by atoms with Crippen LogP contribution in [0.2, 0.25) is 0 Å². The Morgan fingerprint density at radius 2 is 2.11 bits per heavy atom. The molecular formula is C20H18BrN3O2S. The van der Waals surface area contributed by atoms with Crippen LogP contribution >= 0.6 is 27.7 Å². The van der Waals surface area contributed by atoms with Crippen LogP contribution in [0.4, 0.5) is 5.69 Å². The second-order valence-electron chi connectivity index (χ2n) is 5.88. The maximum Gasteiger partial charge on any atom is 0.262 e. The number of thioether (sulfide) groups is 1. The second kappa shape index (κ2) is 8.54. The number of carbonyl (C=O) groups excluding carboxylic acids is 1. The van der Waals surface area contributed by atoms with Gasteiger partial charge in [-0.2, -0.15) is 0 Å². The summed E-state index contributed by atoms with van der Waals surface area (Å²) in [6.45, 7) is 5.84. The summed E-state index contributed by atoms with van der Waals surface area (Å²) in [6, 6.07) is 14.6. The summed E-state index contributed by atoms with van der Waals surface area (Å²) in [5.41, 5.74) is 1.18. The maximum absolute atomic E-state index is 12.8. The van der Waals surface area contributed by atoms with Crippen LogP contribution in [0.5, 0.6) is 0 Å². The van der Waals surface area contributed by atoms with E-state index in [0.29, 0.717) is 28.3 Å². The predicted octanol–water partition coefficient (Wildman–Crippen LogP) is 4.46. The summed E-state index contributed by atoms with van der Waals surface area (Å²) in [5, 5.41) is 3.49. The van der Waals surface area contributed by atoms with Crippen LogP contribution in [0.3, 0.4) is 0 Å². The number of para-hydroxylation sites is 1. The molecule has 1 heterocycles. The molecule has 0 saturated heterocycles. The molecule has 0 aliphatic rings. The van der Waals surface area contributed by atoms with Crippen LogP contribution in [0, 0.1) is 0 Å². The molecule has 0 aliphatic carbocycles. The summed E-state index contributed by atoms with van der Waals surface area (Å²) >= 11 is 4.64. The number of fused-ring (bicyclic) bond motifs is 1. The minimum atomic E-state index is -0.437. The Kier molecular flexibility index (Phi) is 6.13. The standard InChI is InChI=1S/C20H18BrN3O2S/c1-3-11-24-19(26)16-9-4-5-10-17(16)23-20(24)27-13(2)18(25)22-15-8-6-7-14(21)12-15/h3-10,12-13H,1,11H2,2H3,(H,22,25). The van der Waals surface area contributed by atoms with Gasteiger partial charge in [0, 0.05) is 16.7 Å². The fraction of sp³-hybridized carbons (Fsp3) is 0.150. The first-order valence-electron chi connectivity index (χ1n) is 8.33. The van der Waals surface area contributed by atoms with E-state index in [9.17, 15) is 9.59 Å². The molecule has 0 bridgehead atoms. The number of allylic oxidation sites excluding steroid dienone is 1. The van der Waals surface area contributed by atoms with Crippen molar-refractivity contribution >= 4 is 50.2 Å². The predicted molar refractivity (Wildman–Crippen MR) is 114 cm³/mol. The number of hydrogen-bond acceptors (Lipinski definition) is 4. The molecule has 1 unspecified atom stereocenters. The number of nitrogens with zero attached hydrogens (tertiary/aromatic N) is 2. The van der Waals surface area contributed by atoms with Gasteiger partial charge in [-0.3, -0.25) is 14.2 Å². The number of halogens is 1. The van der Waals surface area contributed by atoms with E-state index in [1.165, 1.54) is 11.8 Å². The molecule has 1 amide bonds. The van der Waals surface area contributed by atoms with Crippen molar-refractivity contribution in [2.75, 3.05) is 5.32 Å². The van der Waals surface area contributed by atoms with Crippen LogP contribution in [0.25, 0.3) is 10.9 Å². The number of rotatable bonds is 6. The summed E-state index contributed by atoms with van der Waals surface area (Å²) in [6.07, 6.45) is 1.65. The van der Waals surface area contributed by atoms with Crippen LogP contribution in [0.15, 0.2) is 75.6 Å². The average Bonchev–Trinajstić information content (AvgIpc) is 2.65. The molecule has 138 valence electrons. The highest BCUT2D eigenvalue weighted by Crippen LogP contribution is 2.24. The van der Waals surface area contributed by atoms with E-state index in [4.69, 9.17) is 0 Å². The fourth-order valence-electron chi connectivity index (χ4n) is 2.55. The average molecular weight is 444 g/mol. The quantitative estimate of drug-likeness (QED) is 0.346. The molecule has 3 rings (SSSR count). The summed E-state index contributed by atoms with van der Waals surface area (Å²) < 4.78 is 2.43. The molecule has 27 heavy (non-hydrogen) atoms. The highest BCUT2D eigenvalue weighted by Gasteiger charge is 2.19. The van der Waals surface area contributed by atoms with Crippen molar-refractivity contribution < 1.29 is 4.79 Å². The maximum atomic E-state index is 12.8. The first kappa shape index (κ1) is 19.4. The van der Waals surface area contributed by atoms with Gasteiger partial charge >= 0.3 is 0 Å². The number of carbonyl (C=O) groups is 1. The first-order chi connectivity index (χ1) is 13.0. The van der Waals surface area contributed by atoms with Crippen molar-refractivity contribution in [1.82, 2.24) is 9.55 Å². The summed E-state index contributed by atoms with van der Waals surface area (Å²) in [7, 11) is 0. The van der Waals surface area contributed by atoms with Gasteiger partial charge in [-0.05, 0) is 37.3 Å². The van der Waals surface area contributed by atoms with Crippen molar-refractivity contribution in [2.45, 2.75) is 23.9 Å². The SMILES string of the molecule is C=CCn1c(SC(C)C(=O)Nc2cccc(Br)c2)nc2ccccc2c1=O. The third-order valence-electron chi connectivity index (χ3n) is 3.88. The molecule has 1 atom stereocenters. The molecule has 3 aromatic rings. The minimum absolute atomic E-state index is 0.136. The number of hydrogen-bond donors (Lipinski definition) is 1. The van der Waals surface area contributed by atoms with E-state index in [2.05, 4.69) is 32.8 Å². The highest BCUT2D eigenvalue weighted by atomic mass is 79.9.